The van der Waals surface area contributed by atoms with Crippen LogP contribution in [0.3, 0.4) is 0 Å². The number of carboxylic acids is 1. The first-order chi connectivity index (χ1) is 16.4. The molecule has 0 spiro atoms. The number of carbonyl (C=O) groups excluding carboxylic acids is 2. The third kappa shape index (κ3) is 4.91. The molecule has 7 nitrogen and oxygen atoms in total. The van der Waals surface area contributed by atoms with Gasteiger partial charge < -0.3 is 20.5 Å². The molecule has 1 atom stereocenters. The van der Waals surface area contributed by atoms with E-state index in [4.69, 9.17) is 11.2 Å². The fraction of sp³-hybridized carbons (Fsp3) is 0.370. The molecular formula is C27H28N2O5. The monoisotopic (exact) mass is 460 g/mol. The molecule has 2 aromatic rings. The first-order valence-electron chi connectivity index (χ1n) is 11.5. The van der Waals surface area contributed by atoms with Crippen molar-refractivity contribution >= 4 is 18.0 Å². The topological polar surface area (TPSA) is 105 Å². The average Bonchev–Trinajstić information content (AvgIpc) is 3.39. The number of aliphatic carboxylic acids is 1. The Hall–Kier alpha value is -3.79. The molecule has 176 valence electrons. The molecule has 1 fully saturated rings. The van der Waals surface area contributed by atoms with Crippen LogP contribution < -0.4 is 10.6 Å². The number of terminal acetylenes is 1. The molecule has 7 heteroatoms. The lowest BCUT2D eigenvalue weighted by Crippen LogP contribution is -2.51. The van der Waals surface area contributed by atoms with E-state index in [1.165, 1.54) is 0 Å². The molecule has 0 bridgehead atoms. The quantitative estimate of drug-likeness (QED) is 0.520. The first kappa shape index (κ1) is 23.4. The number of alkyl carbamates (subject to hydrolysis) is 1. The summed E-state index contributed by atoms with van der Waals surface area (Å²) >= 11 is 0. The zero-order chi connectivity index (χ0) is 24.1. The van der Waals surface area contributed by atoms with E-state index < -0.39 is 29.6 Å². The van der Waals surface area contributed by atoms with Crippen LogP contribution in [0.25, 0.3) is 11.1 Å². The lowest BCUT2D eigenvalue weighted by molar-refractivity contribution is -0.141. The van der Waals surface area contributed by atoms with E-state index in [9.17, 15) is 19.5 Å². The smallest absolute Gasteiger partial charge is 0.407 e. The Kier molecular flexibility index (Phi) is 6.87. The van der Waals surface area contributed by atoms with Crippen LogP contribution in [0.5, 0.6) is 0 Å². The predicted octanol–water partition coefficient (Wildman–Crippen LogP) is 3.82. The molecule has 1 saturated carbocycles. The number of hydrogen-bond acceptors (Lipinski definition) is 4. The maximum atomic E-state index is 12.8. The summed E-state index contributed by atoms with van der Waals surface area (Å²) in [5.74, 6) is 0.569. The lowest BCUT2D eigenvalue weighted by atomic mass is 9.92. The Morgan fingerprint density at radius 3 is 2.21 bits per heavy atom. The highest BCUT2D eigenvalue weighted by molar-refractivity contribution is 5.85. The van der Waals surface area contributed by atoms with Crippen LogP contribution >= 0.6 is 0 Å². The van der Waals surface area contributed by atoms with Crippen molar-refractivity contribution in [3.63, 3.8) is 0 Å². The maximum absolute atomic E-state index is 12.8. The van der Waals surface area contributed by atoms with Gasteiger partial charge in [0.2, 0.25) is 5.91 Å². The Labute approximate surface area is 198 Å². The number of hydrogen-bond donors (Lipinski definition) is 3. The van der Waals surface area contributed by atoms with E-state index in [1.54, 1.807) is 0 Å². The van der Waals surface area contributed by atoms with E-state index >= 15 is 0 Å². The Bertz CT molecular complexity index is 1080. The summed E-state index contributed by atoms with van der Waals surface area (Å²) in [6.07, 6.45) is 7.48. The van der Waals surface area contributed by atoms with Crippen molar-refractivity contribution in [1.29, 1.82) is 0 Å². The number of ether oxygens (including phenoxy) is 1. The van der Waals surface area contributed by atoms with E-state index in [2.05, 4.69) is 40.8 Å². The van der Waals surface area contributed by atoms with Crippen molar-refractivity contribution < 1.29 is 24.2 Å². The van der Waals surface area contributed by atoms with Crippen LogP contribution in [0.2, 0.25) is 0 Å². The number of rotatable bonds is 8. The van der Waals surface area contributed by atoms with Gasteiger partial charge in [0.15, 0.2) is 0 Å². The molecule has 0 aliphatic heterocycles. The molecule has 3 N–H and O–H groups in total. The van der Waals surface area contributed by atoms with Gasteiger partial charge in [0.25, 0.3) is 0 Å². The highest BCUT2D eigenvalue weighted by Gasteiger charge is 2.39. The van der Waals surface area contributed by atoms with Crippen LogP contribution in [0.4, 0.5) is 4.79 Å². The zero-order valence-electron chi connectivity index (χ0n) is 18.9. The first-order valence-corrected chi connectivity index (χ1v) is 11.5. The van der Waals surface area contributed by atoms with Gasteiger partial charge in [-0.15, -0.1) is 12.3 Å². The minimum absolute atomic E-state index is 0.0223. The summed E-state index contributed by atoms with van der Waals surface area (Å²) < 4.78 is 5.66. The fourth-order valence-corrected chi connectivity index (χ4v) is 5.12. The number of carbonyl (C=O) groups is 3. The van der Waals surface area contributed by atoms with E-state index in [1.807, 2.05) is 24.3 Å². The van der Waals surface area contributed by atoms with E-state index in [0.717, 1.165) is 35.1 Å². The summed E-state index contributed by atoms with van der Waals surface area (Å²) in [6.45, 7) is 0.186. The van der Waals surface area contributed by atoms with Gasteiger partial charge in [0.05, 0.1) is 5.54 Å². The standard InChI is InChI=1S/C27H28N2O5/c1-2-9-23(25(31)32)28-24(30)16-27(14-7-8-15-27)29-26(33)34-17-22-20-12-5-3-10-18(20)19-11-4-6-13-21(19)22/h1,3-6,10-13,22-23H,7-9,14-17H2,(H,28,30)(H,29,33)(H,31,32). The largest absolute Gasteiger partial charge is 0.480 e. The molecule has 0 radical (unpaired) electrons. The number of carboxylic acid groups (broad SMARTS) is 1. The summed E-state index contributed by atoms with van der Waals surface area (Å²) in [7, 11) is 0. The van der Waals surface area contributed by atoms with Crippen molar-refractivity contribution in [2.45, 2.75) is 56.0 Å². The minimum atomic E-state index is -1.18. The summed E-state index contributed by atoms with van der Waals surface area (Å²) in [5.41, 5.74) is 3.79. The van der Waals surface area contributed by atoms with Crippen LogP contribution in [0.1, 0.15) is 55.6 Å². The third-order valence-corrected chi connectivity index (χ3v) is 6.73. The summed E-state index contributed by atoms with van der Waals surface area (Å²) in [4.78, 5) is 36.7. The number of benzene rings is 2. The molecule has 4 rings (SSSR count). The van der Waals surface area contributed by atoms with Gasteiger partial charge in [-0.3, -0.25) is 4.79 Å². The molecule has 0 aromatic heterocycles. The second-order valence-corrected chi connectivity index (χ2v) is 8.98. The van der Waals surface area contributed by atoms with Crippen molar-refractivity contribution in [1.82, 2.24) is 10.6 Å². The molecule has 1 unspecified atom stereocenters. The summed E-state index contributed by atoms with van der Waals surface area (Å²) in [5, 5.41) is 14.6. The van der Waals surface area contributed by atoms with E-state index in [0.29, 0.717) is 12.8 Å². The fourth-order valence-electron chi connectivity index (χ4n) is 5.12. The second kappa shape index (κ2) is 10.0. The number of fused-ring (bicyclic) bond motifs is 3. The van der Waals surface area contributed by atoms with Gasteiger partial charge >= 0.3 is 12.1 Å². The van der Waals surface area contributed by atoms with Crippen LogP contribution in [0.15, 0.2) is 48.5 Å². The Morgan fingerprint density at radius 1 is 1.06 bits per heavy atom. The van der Waals surface area contributed by atoms with Crippen LogP contribution in [0, 0.1) is 12.3 Å². The molecule has 2 aliphatic carbocycles. The zero-order valence-corrected chi connectivity index (χ0v) is 18.9. The third-order valence-electron chi connectivity index (χ3n) is 6.73. The van der Waals surface area contributed by atoms with Crippen LogP contribution in [-0.2, 0) is 14.3 Å². The Balaban J connectivity index is 1.40. The molecule has 2 aromatic carbocycles. The molecule has 2 aliphatic rings. The Morgan fingerprint density at radius 2 is 1.65 bits per heavy atom. The molecular weight excluding hydrogens is 432 g/mol. The van der Waals surface area contributed by atoms with Gasteiger partial charge in [0, 0.05) is 18.8 Å². The predicted molar refractivity (Wildman–Crippen MR) is 127 cm³/mol. The molecule has 2 amide bonds. The lowest BCUT2D eigenvalue weighted by Gasteiger charge is -2.30. The average molecular weight is 461 g/mol. The molecule has 0 saturated heterocycles. The molecule has 34 heavy (non-hydrogen) atoms. The second-order valence-electron chi connectivity index (χ2n) is 8.98. The van der Waals surface area contributed by atoms with Gasteiger partial charge in [-0.1, -0.05) is 61.4 Å². The van der Waals surface area contributed by atoms with Gasteiger partial charge in [-0.05, 0) is 35.1 Å². The number of nitrogens with one attached hydrogen (secondary N) is 2. The number of amides is 2. The van der Waals surface area contributed by atoms with Crippen molar-refractivity contribution in [2.24, 2.45) is 0 Å². The molecule has 0 heterocycles. The van der Waals surface area contributed by atoms with Crippen molar-refractivity contribution in [3.8, 4) is 23.5 Å². The minimum Gasteiger partial charge on any atom is -0.480 e. The highest BCUT2D eigenvalue weighted by Crippen LogP contribution is 2.44. The van der Waals surface area contributed by atoms with E-state index in [-0.39, 0.29) is 25.4 Å². The van der Waals surface area contributed by atoms with Crippen LogP contribution in [-0.4, -0.2) is 41.3 Å². The van der Waals surface area contributed by atoms with Gasteiger partial charge in [-0.2, -0.15) is 0 Å². The van der Waals surface area contributed by atoms with Crippen molar-refractivity contribution in [2.75, 3.05) is 6.61 Å². The SMILES string of the molecule is C#CCC(NC(=O)CC1(NC(=O)OCC2c3ccccc3-c3ccccc32)CCCC1)C(=O)O. The summed E-state index contributed by atoms with van der Waals surface area (Å²) in [6, 6.07) is 15.1. The maximum Gasteiger partial charge on any atom is 0.407 e. The normalized spacial score (nSPS) is 16.6. The van der Waals surface area contributed by atoms with Gasteiger partial charge in [-0.25, -0.2) is 9.59 Å². The highest BCUT2D eigenvalue weighted by atomic mass is 16.5. The van der Waals surface area contributed by atoms with Crippen molar-refractivity contribution in [3.05, 3.63) is 59.7 Å². The van der Waals surface area contributed by atoms with Gasteiger partial charge in [0.1, 0.15) is 12.6 Å².